The number of aromatic nitrogens is 2. The number of sulfonamides is 1. The van der Waals surface area contributed by atoms with Crippen LogP contribution < -0.4 is 10.5 Å². The lowest BCUT2D eigenvalue weighted by molar-refractivity contribution is 0.592. The molecule has 0 atom stereocenters. The Kier molecular flexibility index (Phi) is 3.86. The molecule has 0 radical (unpaired) electrons. The fourth-order valence-corrected chi connectivity index (χ4v) is 3.61. The summed E-state index contributed by atoms with van der Waals surface area (Å²) in [5.74, 6) is -0.0973. The van der Waals surface area contributed by atoms with Gasteiger partial charge in [0.15, 0.2) is 10.8 Å². The summed E-state index contributed by atoms with van der Waals surface area (Å²) in [7, 11) is -2.41. The van der Waals surface area contributed by atoms with Crippen LogP contribution in [0.4, 0.5) is 11.5 Å². The number of aryl methyl sites for hydroxylation is 2. The minimum Gasteiger partial charge on any atom is -0.381 e. The van der Waals surface area contributed by atoms with Crippen LogP contribution in [0.5, 0.6) is 0 Å². The molecule has 20 heavy (non-hydrogen) atoms. The summed E-state index contributed by atoms with van der Waals surface area (Å²) in [6.07, 6.45) is 1.31. The van der Waals surface area contributed by atoms with E-state index in [1.165, 1.54) is 17.9 Å². The molecule has 0 aliphatic rings. The van der Waals surface area contributed by atoms with Gasteiger partial charge in [-0.1, -0.05) is 29.3 Å². The molecular weight excluding hydrogens is 323 g/mol. The van der Waals surface area contributed by atoms with Gasteiger partial charge in [-0.05, 0) is 18.6 Å². The first kappa shape index (κ1) is 15.0. The highest BCUT2D eigenvalue weighted by Gasteiger charge is 2.24. The smallest absolute Gasteiger partial charge is 0.281 e. The maximum atomic E-state index is 12.4. The Bertz CT molecular complexity index is 751. The molecule has 9 heteroatoms. The Morgan fingerprint density at radius 2 is 2.00 bits per heavy atom. The lowest BCUT2D eigenvalue weighted by atomic mass is 10.2. The molecule has 2 rings (SSSR count). The van der Waals surface area contributed by atoms with Crippen LogP contribution in [0.25, 0.3) is 0 Å². The van der Waals surface area contributed by atoms with Crippen LogP contribution in [0.1, 0.15) is 5.56 Å². The van der Waals surface area contributed by atoms with E-state index in [-0.39, 0.29) is 26.6 Å². The summed E-state index contributed by atoms with van der Waals surface area (Å²) < 4.78 is 28.3. The maximum Gasteiger partial charge on any atom is 0.281 e. The number of hydrogen-bond acceptors (Lipinski definition) is 4. The topological polar surface area (TPSA) is 90.0 Å². The number of nitrogens with two attached hydrogens (primary N) is 1. The van der Waals surface area contributed by atoms with Crippen molar-refractivity contribution in [1.29, 1.82) is 0 Å². The lowest BCUT2D eigenvalue weighted by Gasteiger charge is -2.13. The number of nitrogen functional groups attached to an aromatic ring is 1. The van der Waals surface area contributed by atoms with Gasteiger partial charge in [0.25, 0.3) is 10.0 Å². The first-order chi connectivity index (χ1) is 9.24. The molecule has 1 heterocycles. The second kappa shape index (κ2) is 5.16. The average molecular weight is 335 g/mol. The predicted molar refractivity (Wildman–Crippen MR) is 79.6 cm³/mol. The number of nitrogens with one attached hydrogen (secondary N) is 1. The monoisotopic (exact) mass is 334 g/mol. The standard InChI is InChI=1S/C11H12Cl2N4O2S/c1-6-3-4-7(12)9(8(6)13)16-20(18,19)11-10(14)15-5-17(11)2/h3-5,16H,14H2,1-2H3. The molecule has 0 aliphatic carbocycles. The van der Waals surface area contributed by atoms with Crippen molar-refractivity contribution in [1.82, 2.24) is 9.55 Å². The van der Waals surface area contributed by atoms with Crippen molar-refractivity contribution in [3.63, 3.8) is 0 Å². The number of benzene rings is 1. The molecule has 3 N–H and O–H groups in total. The highest BCUT2D eigenvalue weighted by atomic mass is 35.5. The highest BCUT2D eigenvalue weighted by Crippen LogP contribution is 2.34. The highest BCUT2D eigenvalue weighted by molar-refractivity contribution is 7.92. The third-order valence-corrected chi connectivity index (χ3v) is 4.97. The number of nitrogens with zero attached hydrogens (tertiary/aromatic N) is 2. The summed E-state index contributed by atoms with van der Waals surface area (Å²) in [4.78, 5) is 3.74. The van der Waals surface area contributed by atoms with E-state index in [9.17, 15) is 8.42 Å². The fraction of sp³-hybridized carbons (Fsp3) is 0.182. The van der Waals surface area contributed by atoms with Crippen molar-refractivity contribution in [2.75, 3.05) is 10.5 Å². The van der Waals surface area contributed by atoms with E-state index in [0.29, 0.717) is 5.56 Å². The minimum absolute atomic E-state index is 0.0973. The van der Waals surface area contributed by atoms with E-state index in [0.717, 1.165) is 0 Å². The zero-order valence-corrected chi connectivity index (χ0v) is 13.0. The van der Waals surface area contributed by atoms with E-state index < -0.39 is 10.0 Å². The van der Waals surface area contributed by atoms with Crippen molar-refractivity contribution < 1.29 is 8.42 Å². The van der Waals surface area contributed by atoms with Crippen LogP contribution in [0.15, 0.2) is 23.5 Å². The molecule has 1 aromatic heterocycles. The molecule has 108 valence electrons. The normalized spacial score (nSPS) is 11.6. The molecule has 0 spiro atoms. The van der Waals surface area contributed by atoms with Crippen molar-refractivity contribution in [3.05, 3.63) is 34.1 Å². The Morgan fingerprint density at radius 3 is 2.55 bits per heavy atom. The summed E-state index contributed by atoms with van der Waals surface area (Å²) in [5, 5.41) is 0.290. The number of halogens is 2. The fourth-order valence-electron chi connectivity index (χ4n) is 1.70. The van der Waals surface area contributed by atoms with Gasteiger partial charge in [-0.3, -0.25) is 4.72 Å². The third kappa shape index (κ3) is 2.56. The molecule has 2 aromatic rings. The molecule has 1 aromatic carbocycles. The largest absolute Gasteiger partial charge is 0.381 e. The van der Waals surface area contributed by atoms with Gasteiger partial charge in [0, 0.05) is 7.05 Å². The quantitative estimate of drug-likeness (QED) is 0.901. The second-order valence-electron chi connectivity index (χ2n) is 4.20. The maximum absolute atomic E-state index is 12.4. The van der Waals surface area contributed by atoms with Crippen LogP contribution in [0.2, 0.25) is 10.0 Å². The van der Waals surface area contributed by atoms with Gasteiger partial charge in [-0.15, -0.1) is 0 Å². The van der Waals surface area contributed by atoms with Gasteiger partial charge < -0.3 is 10.3 Å². The zero-order chi connectivity index (χ0) is 15.1. The van der Waals surface area contributed by atoms with E-state index in [1.54, 1.807) is 19.1 Å². The Morgan fingerprint density at radius 1 is 1.35 bits per heavy atom. The first-order valence-electron chi connectivity index (χ1n) is 5.48. The van der Waals surface area contributed by atoms with Gasteiger partial charge in [0.05, 0.1) is 22.1 Å². The van der Waals surface area contributed by atoms with Crippen molar-refractivity contribution in [2.45, 2.75) is 11.9 Å². The summed E-state index contributed by atoms with van der Waals surface area (Å²) in [5.41, 5.74) is 6.39. The molecular formula is C11H12Cl2N4O2S. The van der Waals surface area contributed by atoms with Gasteiger partial charge in [-0.2, -0.15) is 8.42 Å². The van der Waals surface area contributed by atoms with E-state index >= 15 is 0 Å². The molecule has 0 bridgehead atoms. The van der Waals surface area contributed by atoms with E-state index in [2.05, 4.69) is 9.71 Å². The van der Waals surface area contributed by atoms with Gasteiger partial charge in [-0.25, -0.2) is 4.98 Å². The minimum atomic E-state index is -3.94. The number of rotatable bonds is 3. The van der Waals surface area contributed by atoms with Crippen LogP contribution in [0, 0.1) is 6.92 Å². The van der Waals surface area contributed by atoms with Crippen LogP contribution in [0.3, 0.4) is 0 Å². The zero-order valence-electron chi connectivity index (χ0n) is 10.7. The Hall–Kier alpha value is -1.44. The van der Waals surface area contributed by atoms with Crippen molar-refractivity contribution in [3.8, 4) is 0 Å². The van der Waals surface area contributed by atoms with Crippen LogP contribution in [-0.4, -0.2) is 18.0 Å². The van der Waals surface area contributed by atoms with E-state index in [4.69, 9.17) is 28.9 Å². The molecule has 0 amide bonds. The van der Waals surface area contributed by atoms with Crippen LogP contribution >= 0.6 is 23.2 Å². The Labute approximate surface area is 126 Å². The molecule has 0 saturated heterocycles. The lowest BCUT2D eigenvalue weighted by Crippen LogP contribution is -2.18. The Balaban J connectivity index is 2.53. The van der Waals surface area contributed by atoms with E-state index in [1.807, 2.05) is 0 Å². The van der Waals surface area contributed by atoms with Crippen molar-refractivity contribution >= 4 is 44.7 Å². The number of hydrogen-bond donors (Lipinski definition) is 2. The molecule has 6 nitrogen and oxygen atoms in total. The summed E-state index contributed by atoms with van der Waals surface area (Å²) in [6, 6.07) is 3.26. The second-order valence-corrected chi connectivity index (χ2v) is 6.59. The van der Waals surface area contributed by atoms with Crippen LogP contribution in [-0.2, 0) is 17.1 Å². The number of imidazole rings is 1. The molecule has 0 saturated carbocycles. The molecule has 0 aliphatic heterocycles. The van der Waals surface area contributed by atoms with Gasteiger partial charge >= 0.3 is 0 Å². The molecule has 0 unspecified atom stereocenters. The van der Waals surface area contributed by atoms with Crippen molar-refractivity contribution in [2.24, 2.45) is 7.05 Å². The summed E-state index contributed by atoms with van der Waals surface area (Å²) >= 11 is 12.1. The summed E-state index contributed by atoms with van der Waals surface area (Å²) in [6.45, 7) is 1.74. The predicted octanol–water partition coefficient (Wildman–Crippen LogP) is 2.42. The first-order valence-corrected chi connectivity index (χ1v) is 7.72. The third-order valence-electron chi connectivity index (χ3n) is 2.68. The molecule has 0 fully saturated rings. The number of anilines is 2. The SMILES string of the molecule is Cc1ccc(Cl)c(NS(=O)(=O)c2c(N)ncn2C)c1Cl. The van der Waals surface area contributed by atoms with Gasteiger partial charge in [0.1, 0.15) is 0 Å². The van der Waals surface area contributed by atoms with Gasteiger partial charge in [0.2, 0.25) is 0 Å². The average Bonchev–Trinajstić information content (AvgIpc) is 2.70.